The number of para-hydroxylation sites is 1. The van der Waals surface area contributed by atoms with Crippen LogP contribution in [0.4, 0.5) is 0 Å². The van der Waals surface area contributed by atoms with Crippen LogP contribution in [0.15, 0.2) is 48.5 Å². The van der Waals surface area contributed by atoms with Crippen molar-refractivity contribution in [2.45, 2.75) is 6.92 Å². The summed E-state index contributed by atoms with van der Waals surface area (Å²) in [6.07, 6.45) is 0. The minimum absolute atomic E-state index is 0.0608. The van der Waals surface area contributed by atoms with Crippen LogP contribution in [-0.2, 0) is 9.47 Å². The van der Waals surface area contributed by atoms with E-state index in [4.69, 9.17) is 9.47 Å². The highest BCUT2D eigenvalue weighted by Crippen LogP contribution is 2.31. The maximum atomic E-state index is 12.6. The first-order valence-electron chi connectivity index (χ1n) is 8.58. The van der Waals surface area contributed by atoms with Gasteiger partial charge in [-0.05, 0) is 36.8 Å². The van der Waals surface area contributed by atoms with E-state index in [1.54, 1.807) is 37.3 Å². The van der Waals surface area contributed by atoms with Crippen molar-refractivity contribution in [2.75, 3.05) is 14.2 Å². The number of hydrogen-bond acceptors (Lipinski definition) is 6. The van der Waals surface area contributed by atoms with Crippen LogP contribution in [0.2, 0.25) is 0 Å². The van der Waals surface area contributed by atoms with Gasteiger partial charge in [-0.1, -0.05) is 24.3 Å². The first-order chi connectivity index (χ1) is 13.9. The Hall–Kier alpha value is -3.94. The average Bonchev–Trinajstić information content (AvgIpc) is 3.13. The van der Waals surface area contributed by atoms with Gasteiger partial charge in [0.15, 0.2) is 5.69 Å². The molecule has 0 fully saturated rings. The molecule has 0 aliphatic rings. The predicted octanol–water partition coefficient (Wildman–Crippen LogP) is 3.12. The number of aromatic nitrogens is 2. The molecule has 0 unspecified atom stereocenters. The number of carboxylic acids is 1. The summed E-state index contributed by atoms with van der Waals surface area (Å²) in [5.41, 5.74) is 1.76. The molecule has 0 radical (unpaired) electrons. The van der Waals surface area contributed by atoms with E-state index in [9.17, 15) is 19.5 Å². The third-order valence-corrected chi connectivity index (χ3v) is 4.38. The van der Waals surface area contributed by atoms with Gasteiger partial charge in [-0.2, -0.15) is 5.10 Å². The van der Waals surface area contributed by atoms with Crippen LogP contribution in [0.25, 0.3) is 16.9 Å². The molecule has 148 valence electrons. The third-order valence-electron chi connectivity index (χ3n) is 4.38. The molecule has 3 rings (SSSR count). The molecule has 1 N–H and O–H groups in total. The van der Waals surface area contributed by atoms with E-state index in [1.807, 2.05) is 6.07 Å². The number of carbonyl (C=O) groups is 3. The van der Waals surface area contributed by atoms with Crippen molar-refractivity contribution in [2.24, 2.45) is 0 Å². The molecule has 0 amide bonds. The molecule has 1 heterocycles. The molecule has 0 spiro atoms. The van der Waals surface area contributed by atoms with Gasteiger partial charge in [0.25, 0.3) is 0 Å². The van der Waals surface area contributed by atoms with Crippen molar-refractivity contribution in [1.82, 2.24) is 9.78 Å². The van der Waals surface area contributed by atoms with E-state index in [2.05, 4.69) is 5.10 Å². The molecule has 0 atom stereocenters. The summed E-state index contributed by atoms with van der Waals surface area (Å²) in [6, 6.07) is 13.2. The zero-order valence-electron chi connectivity index (χ0n) is 16.0. The summed E-state index contributed by atoms with van der Waals surface area (Å²) < 4.78 is 11.1. The van der Waals surface area contributed by atoms with Gasteiger partial charge in [0, 0.05) is 5.56 Å². The van der Waals surface area contributed by atoms with Crippen molar-refractivity contribution in [3.63, 3.8) is 0 Å². The van der Waals surface area contributed by atoms with Gasteiger partial charge in [-0.3, -0.25) is 0 Å². The Morgan fingerprint density at radius 2 is 1.62 bits per heavy atom. The van der Waals surface area contributed by atoms with Crippen molar-refractivity contribution >= 4 is 17.9 Å². The van der Waals surface area contributed by atoms with E-state index >= 15 is 0 Å². The minimum atomic E-state index is -1.07. The Balaban J connectivity index is 2.35. The van der Waals surface area contributed by atoms with E-state index in [-0.39, 0.29) is 22.5 Å². The number of ether oxygens (including phenoxy) is 2. The summed E-state index contributed by atoms with van der Waals surface area (Å²) in [7, 11) is 2.41. The molecule has 3 aromatic rings. The second-order valence-electron chi connectivity index (χ2n) is 6.14. The number of esters is 2. The van der Waals surface area contributed by atoms with Crippen LogP contribution < -0.4 is 0 Å². The van der Waals surface area contributed by atoms with Gasteiger partial charge >= 0.3 is 17.9 Å². The molecule has 8 nitrogen and oxygen atoms in total. The number of nitrogens with zero attached hydrogens (tertiary/aromatic N) is 2. The van der Waals surface area contributed by atoms with E-state index in [0.717, 1.165) is 0 Å². The quantitative estimate of drug-likeness (QED) is 0.663. The van der Waals surface area contributed by atoms with Crippen molar-refractivity contribution in [3.05, 3.63) is 70.9 Å². The van der Waals surface area contributed by atoms with Crippen LogP contribution in [-0.4, -0.2) is 47.0 Å². The van der Waals surface area contributed by atoms with Crippen molar-refractivity contribution in [3.8, 4) is 16.9 Å². The van der Waals surface area contributed by atoms with Gasteiger partial charge < -0.3 is 14.6 Å². The largest absolute Gasteiger partial charge is 0.478 e. The summed E-state index contributed by atoms with van der Waals surface area (Å²) in [6.45, 7) is 1.70. The molecule has 29 heavy (non-hydrogen) atoms. The van der Waals surface area contributed by atoms with Gasteiger partial charge in [0.2, 0.25) is 0 Å². The average molecular weight is 394 g/mol. The molecule has 2 aromatic carbocycles. The zero-order valence-corrected chi connectivity index (χ0v) is 16.0. The third kappa shape index (κ3) is 3.60. The summed E-state index contributed by atoms with van der Waals surface area (Å²) >= 11 is 0. The molecule has 1 aromatic heterocycles. The second kappa shape index (κ2) is 7.97. The maximum Gasteiger partial charge on any atom is 0.357 e. The normalized spacial score (nSPS) is 10.4. The number of methoxy groups -OCH3 is 2. The molecule has 0 saturated carbocycles. The molecular weight excluding hydrogens is 376 g/mol. The highest BCUT2D eigenvalue weighted by atomic mass is 16.5. The zero-order chi connectivity index (χ0) is 21.1. The van der Waals surface area contributed by atoms with E-state index in [1.165, 1.54) is 31.0 Å². The Morgan fingerprint density at radius 3 is 2.17 bits per heavy atom. The molecule has 8 heteroatoms. The molecule has 0 saturated heterocycles. The smallest absolute Gasteiger partial charge is 0.357 e. The lowest BCUT2D eigenvalue weighted by molar-refractivity contribution is 0.0549. The fourth-order valence-corrected chi connectivity index (χ4v) is 3.01. The number of carboxylic acid groups (broad SMARTS) is 1. The van der Waals surface area contributed by atoms with Gasteiger partial charge in [0.1, 0.15) is 11.3 Å². The number of carbonyl (C=O) groups excluding carboxylic acids is 2. The number of hydrogen-bond donors (Lipinski definition) is 1. The lowest BCUT2D eigenvalue weighted by Gasteiger charge is -2.07. The SMILES string of the molecule is COC(=O)c1c(-c2ccc(C(=O)O)cc2C)nn(-c2ccccc2)c1C(=O)OC. The standard InChI is InChI=1S/C21H18N2O6/c1-12-11-13(19(24)25)9-10-15(12)17-16(20(26)28-2)18(21(27)29-3)23(22-17)14-7-5-4-6-8-14/h4-11H,1-3H3,(H,24,25). The Labute approximate surface area is 166 Å². The topological polar surface area (TPSA) is 108 Å². The fourth-order valence-electron chi connectivity index (χ4n) is 3.01. The molecule has 0 aliphatic heterocycles. The number of rotatable bonds is 5. The van der Waals surface area contributed by atoms with Crippen LogP contribution in [0, 0.1) is 6.92 Å². The van der Waals surface area contributed by atoms with Crippen LogP contribution in [0.3, 0.4) is 0 Å². The molecule has 0 bridgehead atoms. The van der Waals surface area contributed by atoms with Crippen molar-refractivity contribution in [1.29, 1.82) is 0 Å². The highest BCUT2D eigenvalue weighted by Gasteiger charge is 2.31. The Morgan fingerprint density at radius 1 is 0.966 bits per heavy atom. The van der Waals surface area contributed by atoms with Gasteiger partial charge in [-0.15, -0.1) is 0 Å². The Bertz CT molecular complexity index is 1100. The Kier molecular flexibility index (Phi) is 5.45. The number of benzene rings is 2. The number of aryl methyl sites for hydroxylation is 1. The summed E-state index contributed by atoms with van der Waals surface area (Å²) in [5, 5.41) is 13.7. The van der Waals surface area contributed by atoms with Crippen LogP contribution in [0.1, 0.15) is 36.8 Å². The number of aromatic carboxylic acids is 1. The van der Waals surface area contributed by atoms with Gasteiger partial charge in [-0.25, -0.2) is 19.1 Å². The van der Waals surface area contributed by atoms with E-state index in [0.29, 0.717) is 16.8 Å². The highest BCUT2D eigenvalue weighted by molar-refractivity contribution is 6.07. The first-order valence-corrected chi connectivity index (χ1v) is 8.58. The second-order valence-corrected chi connectivity index (χ2v) is 6.14. The minimum Gasteiger partial charge on any atom is -0.478 e. The van der Waals surface area contributed by atoms with Gasteiger partial charge in [0.05, 0.1) is 25.5 Å². The monoisotopic (exact) mass is 394 g/mol. The predicted molar refractivity (Wildman–Crippen MR) is 103 cm³/mol. The summed E-state index contributed by atoms with van der Waals surface area (Å²) in [5.74, 6) is -2.59. The lowest BCUT2D eigenvalue weighted by atomic mass is 9.99. The molecular formula is C21H18N2O6. The molecule has 0 aliphatic carbocycles. The first kappa shape index (κ1) is 19.8. The lowest BCUT2D eigenvalue weighted by Crippen LogP contribution is -2.15. The van der Waals surface area contributed by atoms with Crippen LogP contribution >= 0.6 is 0 Å². The van der Waals surface area contributed by atoms with E-state index < -0.39 is 17.9 Å². The van der Waals surface area contributed by atoms with Crippen molar-refractivity contribution < 1.29 is 29.0 Å². The summed E-state index contributed by atoms with van der Waals surface area (Å²) in [4.78, 5) is 36.4. The maximum absolute atomic E-state index is 12.6. The fraction of sp³-hybridized carbons (Fsp3) is 0.143. The van der Waals surface area contributed by atoms with Crippen LogP contribution in [0.5, 0.6) is 0 Å².